The molecule has 4 heteroatoms. The van der Waals surface area contributed by atoms with Crippen LogP contribution in [-0.2, 0) is 11.2 Å². The zero-order chi connectivity index (χ0) is 14.2. The van der Waals surface area contributed by atoms with Crippen LogP contribution in [0.25, 0.3) is 0 Å². The Kier molecular flexibility index (Phi) is 4.87. The van der Waals surface area contributed by atoms with Gasteiger partial charge in [-0.15, -0.1) is 0 Å². The first kappa shape index (κ1) is 13.8. The third kappa shape index (κ3) is 4.23. The van der Waals surface area contributed by atoms with Crippen LogP contribution >= 0.6 is 0 Å². The lowest BCUT2D eigenvalue weighted by atomic mass is 10.1. The number of pyridine rings is 1. The lowest BCUT2D eigenvalue weighted by molar-refractivity contribution is -0.115. The van der Waals surface area contributed by atoms with Gasteiger partial charge >= 0.3 is 0 Å². The summed E-state index contributed by atoms with van der Waals surface area (Å²) < 4.78 is 0. The monoisotopic (exact) mass is 266 g/mol. The molecular weight excluding hydrogens is 252 g/mol. The molecule has 1 aromatic carbocycles. The van der Waals surface area contributed by atoms with Crippen LogP contribution in [0.4, 0.5) is 5.82 Å². The second-order valence-electron chi connectivity index (χ2n) is 4.08. The van der Waals surface area contributed by atoms with Crippen LogP contribution in [0.2, 0.25) is 0 Å². The highest BCUT2D eigenvalue weighted by Crippen LogP contribution is 2.06. The Morgan fingerprint density at radius 3 is 2.70 bits per heavy atom. The number of aliphatic hydroxyl groups excluding tert-OH is 1. The summed E-state index contributed by atoms with van der Waals surface area (Å²) in [4.78, 5) is 16.1. The van der Waals surface area contributed by atoms with Crippen molar-refractivity contribution in [1.29, 1.82) is 0 Å². The fourth-order valence-electron chi connectivity index (χ4n) is 1.67. The fourth-order valence-corrected chi connectivity index (χ4v) is 1.67. The number of amides is 1. The number of nitrogens with one attached hydrogen (secondary N) is 1. The minimum Gasteiger partial charge on any atom is -0.384 e. The average molecular weight is 266 g/mol. The van der Waals surface area contributed by atoms with Crippen molar-refractivity contribution >= 4 is 11.7 Å². The van der Waals surface area contributed by atoms with Crippen LogP contribution in [-0.4, -0.2) is 22.6 Å². The van der Waals surface area contributed by atoms with Crippen molar-refractivity contribution in [3.8, 4) is 11.8 Å². The van der Waals surface area contributed by atoms with Gasteiger partial charge in [0, 0.05) is 0 Å². The van der Waals surface area contributed by atoms with Gasteiger partial charge in [0.1, 0.15) is 18.1 Å². The topological polar surface area (TPSA) is 62.2 Å². The molecule has 0 fully saturated rings. The zero-order valence-corrected chi connectivity index (χ0v) is 10.8. The van der Waals surface area contributed by atoms with Crippen LogP contribution in [0.15, 0.2) is 48.5 Å². The number of carbonyl (C=O) groups excluding carboxylic acids is 1. The molecule has 0 radical (unpaired) electrons. The first-order chi connectivity index (χ1) is 9.78. The molecule has 2 rings (SSSR count). The predicted molar refractivity (Wildman–Crippen MR) is 77.0 cm³/mol. The number of carbonyl (C=O) groups is 1. The number of rotatable bonds is 3. The Labute approximate surface area is 117 Å². The smallest absolute Gasteiger partial charge is 0.229 e. The summed E-state index contributed by atoms with van der Waals surface area (Å²) >= 11 is 0. The molecule has 0 spiro atoms. The number of hydrogen-bond acceptors (Lipinski definition) is 3. The SMILES string of the molecule is O=C(Cc1ccccc1)Nc1cccc(C#CCO)n1. The van der Waals surface area contributed by atoms with E-state index in [4.69, 9.17) is 5.11 Å². The lowest BCUT2D eigenvalue weighted by Gasteiger charge is -2.04. The molecule has 0 aliphatic carbocycles. The number of anilines is 1. The van der Waals surface area contributed by atoms with E-state index in [-0.39, 0.29) is 12.5 Å². The summed E-state index contributed by atoms with van der Waals surface area (Å²) in [6.07, 6.45) is 0.301. The van der Waals surface area contributed by atoms with Gasteiger partial charge in [0.2, 0.25) is 5.91 Å². The normalized spacial score (nSPS) is 9.45. The molecular formula is C16H14N2O2. The van der Waals surface area contributed by atoms with E-state index in [1.165, 1.54) is 0 Å². The summed E-state index contributed by atoms with van der Waals surface area (Å²) in [5.41, 5.74) is 1.46. The van der Waals surface area contributed by atoms with Crippen LogP contribution in [0.1, 0.15) is 11.3 Å². The molecule has 0 unspecified atom stereocenters. The summed E-state index contributed by atoms with van der Waals surface area (Å²) in [6, 6.07) is 14.7. The van der Waals surface area contributed by atoms with E-state index in [9.17, 15) is 4.79 Å². The van der Waals surface area contributed by atoms with Crippen molar-refractivity contribution in [2.75, 3.05) is 11.9 Å². The predicted octanol–water partition coefficient (Wildman–Crippen LogP) is 1.61. The molecule has 0 atom stereocenters. The van der Waals surface area contributed by atoms with Gasteiger partial charge < -0.3 is 10.4 Å². The van der Waals surface area contributed by atoms with Crippen LogP contribution in [0, 0.1) is 11.8 Å². The second-order valence-corrected chi connectivity index (χ2v) is 4.08. The molecule has 4 nitrogen and oxygen atoms in total. The van der Waals surface area contributed by atoms with Crippen molar-refractivity contribution in [2.24, 2.45) is 0 Å². The van der Waals surface area contributed by atoms with Crippen LogP contribution < -0.4 is 5.32 Å². The van der Waals surface area contributed by atoms with Gasteiger partial charge in [0.05, 0.1) is 6.42 Å². The highest BCUT2D eigenvalue weighted by atomic mass is 16.2. The molecule has 1 aromatic heterocycles. The maximum atomic E-state index is 11.9. The van der Waals surface area contributed by atoms with Gasteiger partial charge in [-0.1, -0.05) is 42.3 Å². The third-order valence-electron chi connectivity index (χ3n) is 2.52. The zero-order valence-electron chi connectivity index (χ0n) is 10.8. The molecule has 0 aliphatic heterocycles. The average Bonchev–Trinajstić information content (AvgIpc) is 2.46. The largest absolute Gasteiger partial charge is 0.384 e. The van der Waals surface area contributed by atoms with Crippen LogP contribution in [0.3, 0.4) is 0 Å². The molecule has 0 saturated heterocycles. The van der Waals surface area contributed by atoms with E-state index in [0.717, 1.165) is 5.56 Å². The number of nitrogens with zero attached hydrogens (tertiary/aromatic N) is 1. The van der Waals surface area contributed by atoms with E-state index >= 15 is 0 Å². The standard InChI is InChI=1S/C16H14N2O2/c19-11-5-9-14-8-4-10-15(17-14)18-16(20)12-13-6-2-1-3-7-13/h1-4,6-8,10,19H,11-12H2,(H,17,18,20). The van der Waals surface area contributed by atoms with Crippen LogP contribution in [0.5, 0.6) is 0 Å². The molecule has 0 bridgehead atoms. The Morgan fingerprint density at radius 1 is 1.15 bits per heavy atom. The second kappa shape index (κ2) is 7.07. The molecule has 2 aromatic rings. The van der Waals surface area contributed by atoms with Crippen molar-refractivity contribution < 1.29 is 9.90 Å². The minimum absolute atomic E-state index is 0.129. The summed E-state index contributed by atoms with van der Waals surface area (Å²) in [5, 5.41) is 11.4. The van der Waals surface area contributed by atoms with Gasteiger partial charge in [0.15, 0.2) is 0 Å². The first-order valence-corrected chi connectivity index (χ1v) is 6.18. The van der Waals surface area contributed by atoms with E-state index in [2.05, 4.69) is 22.1 Å². The number of benzene rings is 1. The number of aromatic nitrogens is 1. The van der Waals surface area contributed by atoms with Gasteiger partial charge in [-0.2, -0.15) is 0 Å². The van der Waals surface area contributed by atoms with Gasteiger partial charge in [-0.05, 0) is 23.6 Å². The van der Waals surface area contributed by atoms with Crippen molar-refractivity contribution in [3.05, 3.63) is 59.8 Å². The van der Waals surface area contributed by atoms with Crippen molar-refractivity contribution in [3.63, 3.8) is 0 Å². The van der Waals surface area contributed by atoms with E-state index < -0.39 is 0 Å². The molecule has 100 valence electrons. The minimum atomic E-state index is -0.216. The van der Waals surface area contributed by atoms with Gasteiger partial charge in [-0.25, -0.2) is 4.98 Å². The Morgan fingerprint density at radius 2 is 1.95 bits per heavy atom. The third-order valence-corrected chi connectivity index (χ3v) is 2.52. The summed E-state index contributed by atoms with van der Waals surface area (Å²) in [6.45, 7) is -0.216. The van der Waals surface area contributed by atoms with E-state index in [1.807, 2.05) is 30.3 Å². The molecule has 0 saturated carbocycles. The van der Waals surface area contributed by atoms with Crippen molar-refractivity contribution in [1.82, 2.24) is 4.98 Å². The maximum absolute atomic E-state index is 11.9. The maximum Gasteiger partial charge on any atom is 0.229 e. The number of hydrogen-bond donors (Lipinski definition) is 2. The van der Waals surface area contributed by atoms with Gasteiger partial charge in [0.25, 0.3) is 0 Å². The highest BCUT2D eigenvalue weighted by molar-refractivity contribution is 5.91. The van der Waals surface area contributed by atoms with E-state index in [0.29, 0.717) is 17.9 Å². The van der Waals surface area contributed by atoms with Crippen molar-refractivity contribution in [2.45, 2.75) is 6.42 Å². The Hall–Kier alpha value is -2.64. The molecule has 1 amide bonds. The first-order valence-electron chi connectivity index (χ1n) is 6.18. The quantitative estimate of drug-likeness (QED) is 0.830. The fraction of sp³-hybridized carbons (Fsp3) is 0.125. The molecule has 20 heavy (non-hydrogen) atoms. The highest BCUT2D eigenvalue weighted by Gasteiger charge is 2.04. The summed E-state index contributed by atoms with van der Waals surface area (Å²) in [5.74, 6) is 5.54. The number of aliphatic hydroxyl groups is 1. The van der Waals surface area contributed by atoms with E-state index in [1.54, 1.807) is 18.2 Å². The Balaban J connectivity index is 2.01. The van der Waals surface area contributed by atoms with Gasteiger partial charge in [-0.3, -0.25) is 4.79 Å². The molecule has 2 N–H and O–H groups in total. The lowest BCUT2D eigenvalue weighted by Crippen LogP contribution is -2.15. The molecule has 0 aliphatic rings. The molecule has 1 heterocycles. The Bertz CT molecular complexity index is 642. The summed E-state index contributed by atoms with van der Waals surface area (Å²) in [7, 11) is 0.